The maximum atomic E-state index is 12.0. The Bertz CT molecular complexity index is 388. The van der Waals surface area contributed by atoms with Crippen LogP contribution in [0.25, 0.3) is 0 Å². The third-order valence-electron chi connectivity index (χ3n) is 3.32. The van der Waals surface area contributed by atoms with Gasteiger partial charge in [-0.05, 0) is 31.7 Å². The van der Waals surface area contributed by atoms with Crippen molar-refractivity contribution in [3.8, 4) is 0 Å². The molecule has 1 fully saturated rings. The van der Waals surface area contributed by atoms with E-state index in [-0.39, 0.29) is 11.9 Å². The number of H-pyrrole nitrogens is 1. The Labute approximate surface area is 101 Å². The summed E-state index contributed by atoms with van der Waals surface area (Å²) >= 11 is 0. The van der Waals surface area contributed by atoms with Crippen LogP contribution in [0.15, 0.2) is 6.07 Å². The lowest BCUT2D eigenvalue weighted by Gasteiger charge is -2.28. The van der Waals surface area contributed by atoms with Crippen molar-refractivity contribution in [3.63, 3.8) is 0 Å². The number of piperidine rings is 1. The Morgan fingerprint density at radius 3 is 3.12 bits per heavy atom. The standard InChI is InChI=1S/C12H20N4O/c1-3-9-7-10(16-15-9)14-12(17)11-8(2)5-4-6-13-11/h7-8,11,13H,3-6H2,1-2H3,(H2,14,15,16,17). The molecule has 0 bridgehead atoms. The average Bonchev–Trinajstić information content (AvgIpc) is 2.77. The number of hydrogen-bond acceptors (Lipinski definition) is 3. The first kappa shape index (κ1) is 12.1. The molecule has 0 saturated carbocycles. The molecular formula is C12H20N4O. The molecular weight excluding hydrogens is 216 g/mol. The molecule has 2 atom stereocenters. The van der Waals surface area contributed by atoms with E-state index >= 15 is 0 Å². The van der Waals surface area contributed by atoms with Crippen LogP contribution in [0.1, 0.15) is 32.4 Å². The topological polar surface area (TPSA) is 69.8 Å². The van der Waals surface area contributed by atoms with E-state index < -0.39 is 0 Å². The highest BCUT2D eigenvalue weighted by molar-refractivity contribution is 5.94. The lowest BCUT2D eigenvalue weighted by Crippen LogP contribution is -2.48. The quantitative estimate of drug-likeness (QED) is 0.741. The molecule has 1 aromatic heterocycles. The van der Waals surface area contributed by atoms with Crippen LogP contribution in [0.4, 0.5) is 5.82 Å². The highest BCUT2D eigenvalue weighted by atomic mass is 16.2. The number of carbonyl (C=O) groups excluding carboxylic acids is 1. The average molecular weight is 236 g/mol. The van der Waals surface area contributed by atoms with Crippen LogP contribution in [0.5, 0.6) is 0 Å². The Balaban J connectivity index is 1.95. The molecule has 2 unspecified atom stereocenters. The molecule has 2 rings (SSSR count). The van der Waals surface area contributed by atoms with E-state index in [2.05, 4.69) is 27.8 Å². The van der Waals surface area contributed by atoms with Gasteiger partial charge in [0.2, 0.25) is 5.91 Å². The van der Waals surface area contributed by atoms with Gasteiger partial charge in [0.05, 0.1) is 6.04 Å². The van der Waals surface area contributed by atoms with Crippen molar-refractivity contribution in [2.45, 2.75) is 39.2 Å². The Morgan fingerprint density at radius 1 is 1.65 bits per heavy atom. The maximum Gasteiger partial charge on any atom is 0.242 e. The lowest BCUT2D eigenvalue weighted by atomic mass is 9.92. The maximum absolute atomic E-state index is 12.0. The summed E-state index contributed by atoms with van der Waals surface area (Å²) in [7, 11) is 0. The minimum absolute atomic E-state index is 0.0198. The first-order valence-electron chi connectivity index (χ1n) is 6.29. The highest BCUT2D eigenvalue weighted by Crippen LogP contribution is 2.17. The molecule has 5 nitrogen and oxygen atoms in total. The van der Waals surface area contributed by atoms with Gasteiger partial charge in [-0.25, -0.2) is 0 Å². The zero-order chi connectivity index (χ0) is 12.3. The number of aromatic amines is 1. The zero-order valence-electron chi connectivity index (χ0n) is 10.4. The summed E-state index contributed by atoms with van der Waals surface area (Å²) < 4.78 is 0. The first-order chi connectivity index (χ1) is 8.20. The van der Waals surface area contributed by atoms with Gasteiger partial charge < -0.3 is 10.6 Å². The van der Waals surface area contributed by atoms with Crippen molar-refractivity contribution in [2.75, 3.05) is 11.9 Å². The minimum atomic E-state index is -0.0921. The van der Waals surface area contributed by atoms with Crippen molar-refractivity contribution in [1.82, 2.24) is 15.5 Å². The van der Waals surface area contributed by atoms with E-state index in [4.69, 9.17) is 0 Å². The van der Waals surface area contributed by atoms with Crippen LogP contribution >= 0.6 is 0 Å². The molecule has 1 aromatic rings. The van der Waals surface area contributed by atoms with Gasteiger partial charge in [-0.15, -0.1) is 0 Å². The molecule has 1 saturated heterocycles. The van der Waals surface area contributed by atoms with Crippen molar-refractivity contribution in [2.24, 2.45) is 5.92 Å². The molecule has 17 heavy (non-hydrogen) atoms. The summed E-state index contributed by atoms with van der Waals surface area (Å²) in [5.74, 6) is 1.02. The number of aromatic nitrogens is 2. The predicted octanol–water partition coefficient (Wildman–Crippen LogP) is 1.30. The van der Waals surface area contributed by atoms with Crippen LogP contribution in [0.2, 0.25) is 0 Å². The smallest absolute Gasteiger partial charge is 0.242 e. The van der Waals surface area contributed by atoms with Crippen molar-refractivity contribution < 1.29 is 4.79 Å². The van der Waals surface area contributed by atoms with Crippen LogP contribution in [-0.2, 0) is 11.2 Å². The largest absolute Gasteiger partial charge is 0.308 e. The zero-order valence-corrected chi connectivity index (χ0v) is 10.4. The van der Waals surface area contributed by atoms with Gasteiger partial charge in [0.25, 0.3) is 0 Å². The van der Waals surface area contributed by atoms with Gasteiger partial charge >= 0.3 is 0 Å². The third-order valence-corrected chi connectivity index (χ3v) is 3.32. The van der Waals surface area contributed by atoms with E-state index in [1.54, 1.807) is 0 Å². The molecule has 5 heteroatoms. The highest BCUT2D eigenvalue weighted by Gasteiger charge is 2.27. The van der Waals surface area contributed by atoms with Gasteiger partial charge in [0.15, 0.2) is 5.82 Å². The molecule has 0 radical (unpaired) electrons. The molecule has 0 aliphatic carbocycles. The van der Waals surface area contributed by atoms with Crippen LogP contribution in [0, 0.1) is 5.92 Å². The van der Waals surface area contributed by atoms with E-state index in [0.717, 1.165) is 31.5 Å². The Morgan fingerprint density at radius 2 is 2.47 bits per heavy atom. The van der Waals surface area contributed by atoms with Gasteiger partial charge in [-0.3, -0.25) is 9.89 Å². The van der Waals surface area contributed by atoms with Crippen molar-refractivity contribution in [3.05, 3.63) is 11.8 Å². The number of nitrogens with one attached hydrogen (secondary N) is 3. The summed E-state index contributed by atoms with van der Waals surface area (Å²) in [5, 5.41) is 13.1. The van der Waals surface area contributed by atoms with E-state index in [1.807, 2.05) is 13.0 Å². The second kappa shape index (κ2) is 5.31. The summed E-state index contributed by atoms with van der Waals surface area (Å²) in [5.41, 5.74) is 1.03. The van der Waals surface area contributed by atoms with Crippen molar-refractivity contribution >= 4 is 11.7 Å². The number of aryl methyl sites for hydroxylation is 1. The molecule has 3 N–H and O–H groups in total. The minimum Gasteiger partial charge on any atom is -0.308 e. The SMILES string of the molecule is CCc1cc(NC(=O)C2NCCCC2C)n[nH]1. The van der Waals surface area contributed by atoms with Gasteiger partial charge in [-0.2, -0.15) is 5.10 Å². The summed E-state index contributed by atoms with van der Waals surface area (Å²) in [6, 6.07) is 1.79. The second-order valence-electron chi connectivity index (χ2n) is 4.67. The Kier molecular flexibility index (Phi) is 3.78. The summed E-state index contributed by atoms with van der Waals surface area (Å²) in [6.07, 6.45) is 3.14. The van der Waals surface area contributed by atoms with Crippen LogP contribution < -0.4 is 10.6 Å². The number of hydrogen-bond donors (Lipinski definition) is 3. The van der Waals surface area contributed by atoms with Crippen molar-refractivity contribution in [1.29, 1.82) is 0 Å². The number of nitrogens with zero attached hydrogens (tertiary/aromatic N) is 1. The third kappa shape index (κ3) is 2.85. The lowest BCUT2D eigenvalue weighted by molar-refractivity contribution is -0.119. The van der Waals surface area contributed by atoms with E-state index in [1.165, 1.54) is 0 Å². The molecule has 1 aliphatic heterocycles. The predicted molar refractivity (Wildman–Crippen MR) is 66.8 cm³/mol. The van der Waals surface area contributed by atoms with E-state index in [9.17, 15) is 4.79 Å². The molecule has 1 amide bonds. The molecule has 0 aromatic carbocycles. The fourth-order valence-electron chi connectivity index (χ4n) is 2.21. The Hall–Kier alpha value is -1.36. The number of carbonyl (C=O) groups is 1. The number of rotatable bonds is 3. The molecule has 2 heterocycles. The van der Waals surface area contributed by atoms with Gasteiger partial charge in [0, 0.05) is 11.8 Å². The van der Waals surface area contributed by atoms with Crippen LogP contribution in [0.3, 0.4) is 0 Å². The number of amides is 1. The normalized spacial score (nSPS) is 24.6. The first-order valence-corrected chi connectivity index (χ1v) is 6.29. The van der Waals surface area contributed by atoms with Gasteiger partial charge in [0.1, 0.15) is 0 Å². The fraction of sp³-hybridized carbons (Fsp3) is 0.667. The summed E-state index contributed by atoms with van der Waals surface area (Å²) in [4.78, 5) is 12.0. The summed E-state index contributed by atoms with van der Waals surface area (Å²) in [6.45, 7) is 5.07. The molecule has 94 valence electrons. The van der Waals surface area contributed by atoms with E-state index in [0.29, 0.717) is 11.7 Å². The van der Waals surface area contributed by atoms with Crippen LogP contribution in [-0.4, -0.2) is 28.7 Å². The molecule has 0 spiro atoms. The number of anilines is 1. The molecule has 1 aliphatic rings. The monoisotopic (exact) mass is 236 g/mol. The fourth-order valence-corrected chi connectivity index (χ4v) is 2.21. The second-order valence-corrected chi connectivity index (χ2v) is 4.67. The van der Waals surface area contributed by atoms with Gasteiger partial charge in [-0.1, -0.05) is 13.8 Å².